The average Bonchev–Trinajstić information content (AvgIpc) is 2.84. The lowest BCUT2D eigenvalue weighted by molar-refractivity contribution is 0.0991. The maximum Gasteiger partial charge on any atom is 0.259 e. The summed E-state index contributed by atoms with van der Waals surface area (Å²) in [6, 6.07) is 29.8. The SMILES string of the molecule is Cc1ccc(-c2ccccc2C(=O)Nc2ccc(C(=O)N(C)c3ccccc3)c(Cl)c2)cc1. The normalized spacial score (nSPS) is 10.5. The molecule has 0 saturated heterocycles. The molecule has 33 heavy (non-hydrogen) atoms. The first-order valence-corrected chi connectivity index (χ1v) is 10.9. The second kappa shape index (κ2) is 9.72. The highest BCUT2D eigenvalue weighted by Crippen LogP contribution is 2.27. The Kier molecular flexibility index (Phi) is 6.57. The van der Waals surface area contributed by atoms with E-state index in [4.69, 9.17) is 11.6 Å². The molecular weight excluding hydrogens is 432 g/mol. The Hall–Kier alpha value is -3.89. The molecule has 0 radical (unpaired) electrons. The minimum Gasteiger partial charge on any atom is -0.322 e. The zero-order valence-electron chi connectivity index (χ0n) is 18.4. The summed E-state index contributed by atoms with van der Waals surface area (Å²) in [6.07, 6.45) is 0. The molecule has 0 aromatic heterocycles. The third-order valence-corrected chi connectivity index (χ3v) is 5.75. The molecule has 4 aromatic carbocycles. The van der Waals surface area contributed by atoms with Crippen LogP contribution >= 0.6 is 11.6 Å². The van der Waals surface area contributed by atoms with Crippen LogP contribution < -0.4 is 10.2 Å². The maximum absolute atomic E-state index is 13.1. The lowest BCUT2D eigenvalue weighted by atomic mass is 9.98. The summed E-state index contributed by atoms with van der Waals surface area (Å²) in [4.78, 5) is 27.5. The van der Waals surface area contributed by atoms with Crippen molar-refractivity contribution in [2.75, 3.05) is 17.3 Å². The number of amides is 2. The van der Waals surface area contributed by atoms with E-state index in [2.05, 4.69) is 5.32 Å². The molecule has 0 fully saturated rings. The number of carbonyl (C=O) groups is 2. The molecule has 0 aliphatic carbocycles. The van der Waals surface area contributed by atoms with Gasteiger partial charge in [0.15, 0.2) is 0 Å². The first kappa shape index (κ1) is 22.3. The number of para-hydroxylation sites is 1. The minimum atomic E-state index is -0.247. The number of nitrogens with one attached hydrogen (secondary N) is 1. The zero-order chi connectivity index (χ0) is 23.4. The highest BCUT2D eigenvalue weighted by atomic mass is 35.5. The van der Waals surface area contributed by atoms with E-state index < -0.39 is 0 Å². The van der Waals surface area contributed by atoms with Gasteiger partial charge in [-0.15, -0.1) is 0 Å². The van der Waals surface area contributed by atoms with Gasteiger partial charge >= 0.3 is 0 Å². The topological polar surface area (TPSA) is 49.4 Å². The second-order valence-electron chi connectivity index (χ2n) is 7.76. The number of aryl methyl sites for hydroxylation is 1. The van der Waals surface area contributed by atoms with E-state index in [1.165, 1.54) is 4.90 Å². The smallest absolute Gasteiger partial charge is 0.259 e. The predicted octanol–water partition coefficient (Wildman–Crippen LogP) is 6.84. The molecule has 5 heteroatoms. The molecule has 0 aliphatic heterocycles. The second-order valence-corrected chi connectivity index (χ2v) is 8.17. The average molecular weight is 455 g/mol. The molecule has 0 saturated carbocycles. The van der Waals surface area contributed by atoms with Crippen LogP contribution in [-0.2, 0) is 0 Å². The van der Waals surface area contributed by atoms with Crippen molar-refractivity contribution in [1.82, 2.24) is 0 Å². The van der Waals surface area contributed by atoms with E-state index in [1.54, 1.807) is 31.3 Å². The highest BCUT2D eigenvalue weighted by Gasteiger charge is 2.18. The highest BCUT2D eigenvalue weighted by molar-refractivity contribution is 6.35. The molecule has 0 unspecified atom stereocenters. The van der Waals surface area contributed by atoms with Crippen LogP contribution in [0.2, 0.25) is 5.02 Å². The summed E-state index contributed by atoms with van der Waals surface area (Å²) in [5, 5.41) is 3.17. The van der Waals surface area contributed by atoms with Gasteiger partial charge < -0.3 is 10.2 Å². The summed E-state index contributed by atoms with van der Waals surface area (Å²) in [5.74, 6) is -0.475. The zero-order valence-corrected chi connectivity index (χ0v) is 19.1. The van der Waals surface area contributed by atoms with Crippen LogP contribution in [0.3, 0.4) is 0 Å². The van der Waals surface area contributed by atoms with Crippen molar-refractivity contribution in [2.45, 2.75) is 6.92 Å². The lowest BCUT2D eigenvalue weighted by Crippen LogP contribution is -2.26. The summed E-state index contributed by atoms with van der Waals surface area (Å²) in [5.41, 5.74) is 5.17. The Morgan fingerprint density at radius 2 is 1.45 bits per heavy atom. The number of rotatable bonds is 5. The Labute approximate surface area is 198 Å². The van der Waals surface area contributed by atoms with Gasteiger partial charge in [-0.3, -0.25) is 9.59 Å². The monoisotopic (exact) mass is 454 g/mol. The number of hydrogen-bond donors (Lipinski definition) is 1. The van der Waals surface area contributed by atoms with Crippen molar-refractivity contribution in [2.24, 2.45) is 0 Å². The summed E-state index contributed by atoms with van der Waals surface area (Å²) >= 11 is 6.43. The third kappa shape index (κ3) is 4.97. The molecule has 4 aromatic rings. The van der Waals surface area contributed by atoms with Crippen molar-refractivity contribution in [3.63, 3.8) is 0 Å². The summed E-state index contributed by atoms with van der Waals surface area (Å²) < 4.78 is 0. The molecule has 2 amide bonds. The van der Waals surface area contributed by atoms with E-state index in [-0.39, 0.29) is 16.8 Å². The van der Waals surface area contributed by atoms with Crippen molar-refractivity contribution < 1.29 is 9.59 Å². The van der Waals surface area contributed by atoms with E-state index in [0.717, 1.165) is 22.4 Å². The van der Waals surface area contributed by atoms with Crippen molar-refractivity contribution in [1.29, 1.82) is 0 Å². The van der Waals surface area contributed by atoms with Crippen LogP contribution in [0.4, 0.5) is 11.4 Å². The van der Waals surface area contributed by atoms with Crippen LogP contribution in [0.1, 0.15) is 26.3 Å². The molecule has 0 spiro atoms. The number of halogens is 1. The van der Waals surface area contributed by atoms with Crippen LogP contribution in [0.15, 0.2) is 97.1 Å². The van der Waals surface area contributed by atoms with Crippen LogP contribution in [0.5, 0.6) is 0 Å². The fourth-order valence-electron chi connectivity index (χ4n) is 3.58. The summed E-state index contributed by atoms with van der Waals surface area (Å²) in [6.45, 7) is 2.03. The van der Waals surface area contributed by atoms with Gasteiger partial charge in [-0.05, 0) is 54.4 Å². The van der Waals surface area contributed by atoms with Crippen molar-refractivity contribution >= 4 is 34.8 Å². The predicted molar refractivity (Wildman–Crippen MR) is 135 cm³/mol. The van der Waals surface area contributed by atoms with Gasteiger partial charge in [-0.2, -0.15) is 0 Å². The number of anilines is 2. The van der Waals surface area contributed by atoms with Crippen molar-refractivity contribution in [3.05, 3.63) is 119 Å². The fraction of sp³-hybridized carbons (Fsp3) is 0.0714. The van der Waals surface area contributed by atoms with Gasteiger partial charge in [0.05, 0.1) is 10.6 Å². The first-order chi connectivity index (χ1) is 15.9. The number of nitrogens with zero attached hydrogens (tertiary/aromatic N) is 1. The van der Waals surface area contributed by atoms with Gasteiger partial charge in [0, 0.05) is 24.0 Å². The molecule has 0 heterocycles. The number of hydrogen-bond acceptors (Lipinski definition) is 2. The van der Waals surface area contributed by atoms with Gasteiger partial charge in [-0.25, -0.2) is 0 Å². The fourth-order valence-corrected chi connectivity index (χ4v) is 3.84. The third-order valence-electron chi connectivity index (χ3n) is 5.44. The summed E-state index contributed by atoms with van der Waals surface area (Å²) in [7, 11) is 1.70. The maximum atomic E-state index is 13.1. The Balaban J connectivity index is 1.55. The number of benzene rings is 4. The van der Waals surface area contributed by atoms with E-state index >= 15 is 0 Å². The molecule has 0 atom stereocenters. The molecule has 4 nitrogen and oxygen atoms in total. The Morgan fingerprint density at radius 1 is 0.788 bits per heavy atom. The van der Waals surface area contributed by atoms with Crippen LogP contribution in [-0.4, -0.2) is 18.9 Å². The standard InChI is InChI=1S/C28H23ClN2O2/c1-19-12-14-20(15-13-19)23-10-6-7-11-24(23)27(32)30-21-16-17-25(26(29)18-21)28(33)31(2)22-8-4-3-5-9-22/h3-18H,1-2H3,(H,30,32). The largest absolute Gasteiger partial charge is 0.322 e. The van der Waals surface area contributed by atoms with Gasteiger partial charge in [0.25, 0.3) is 11.8 Å². The van der Waals surface area contributed by atoms with E-state index in [1.807, 2.05) is 79.7 Å². The Morgan fingerprint density at radius 3 is 2.15 bits per heavy atom. The molecular formula is C28H23ClN2O2. The molecule has 164 valence electrons. The van der Waals surface area contributed by atoms with Crippen molar-refractivity contribution in [3.8, 4) is 11.1 Å². The van der Waals surface area contributed by atoms with E-state index in [9.17, 15) is 9.59 Å². The van der Waals surface area contributed by atoms with E-state index in [0.29, 0.717) is 16.8 Å². The molecule has 1 N–H and O–H groups in total. The molecule has 4 rings (SSSR count). The first-order valence-electron chi connectivity index (χ1n) is 10.5. The number of carbonyl (C=O) groups excluding carboxylic acids is 2. The van der Waals surface area contributed by atoms with Gasteiger partial charge in [0.2, 0.25) is 0 Å². The van der Waals surface area contributed by atoms with Crippen LogP contribution in [0.25, 0.3) is 11.1 Å². The lowest BCUT2D eigenvalue weighted by Gasteiger charge is -2.18. The molecule has 0 aliphatic rings. The quantitative estimate of drug-likeness (QED) is 0.358. The van der Waals surface area contributed by atoms with Gasteiger partial charge in [-0.1, -0.05) is 77.8 Å². The Bertz CT molecular complexity index is 1300. The van der Waals surface area contributed by atoms with Gasteiger partial charge in [0.1, 0.15) is 0 Å². The minimum absolute atomic E-state index is 0.228. The van der Waals surface area contributed by atoms with Crippen LogP contribution in [0, 0.1) is 6.92 Å². The molecule has 0 bridgehead atoms.